The predicted octanol–water partition coefficient (Wildman–Crippen LogP) is 20.3. The number of hydrogen-bond acceptors (Lipinski definition) is 6. The Balaban J connectivity index is 4.33. The summed E-state index contributed by atoms with van der Waals surface area (Å²) < 4.78 is 16.8. The molecule has 0 aliphatic heterocycles. The molecular formula is C66H110O6. The van der Waals surface area contributed by atoms with Crippen LogP contribution >= 0.6 is 0 Å². The predicted molar refractivity (Wildman–Crippen MR) is 311 cm³/mol. The normalized spacial score (nSPS) is 12.9. The van der Waals surface area contributed by atoms with Gasteiger partial charge in [0, 0.05) is 19.3 Å². The number of ether oxygens (including phenoxy) is 3. The van der Waals surface area contributed by atoms with Gasteiger partial charge in [0.2, 0.25) is 0 Å². The molecule has 0 aromatic rings. The van der Waals surface area contributed by atoms with Crippen molar-refractivity contribution in [3.8, 4) is 0 Å². The molecule has 0 heterocycles. The van der Waals surface area contributed by atoms with Crippen LogP contribution in [0.3, 0.4) is 0 Å². The van der Waals surface area contributed by atoms with Crippen LogP contribution < -0.4 is 0 Å². The van der Waals surface area contributed by atoms with Crippen molar-refractivity contribution in [2.24, 2.45) is 0 Å². The molecule has 0 aliphatic rings. The number of rotatable bonds is 53. The minimum atomic E-state index is -0.794. The van der Waals surface area contributed by atoms with Crippen LogP contribution in [-0.4, -0.2) is 37.2 Å². The number of carbonyl (C=O) groups excluding carboxylic acids is 3. The maximum Gasteiger partial charge on any atom is 0.306 e. The van der Waals surface area contributed by atoms with E-state index in [0.717, 1.165) is 135 Å². The van der Waals surface area contributed by atoms with Crippen molar-refractivity contribution in [2.45, 2.75) is 277 Å². The van der Waals surface area contributed by atoms with Gasteiger partial charge in [-0.1, -0.05) is 239 Å². The lowest BCUT2D eigenvalue weighted by molar-refractivity contribution is -0.167. The third kappa shape index (κ3) is 57.0. The zero-order valence-electron chi connectivity index (χ0n) is 46.9. The van der Waals surface area contributed by atoms with Crippen molar-refractivity contribution in [3.05, 3.63) is 109 Å². The number of allylic oxidation sites excluding steroid dienone is 18. The first-order chi connectivity index (χ1) is 35.5. The highest BCUT2D eigenvalue weighted by Gasteiger charge is 2.19. The average molecular weight is 1000 g/mol. The molecule has 0 amide bonds. The third-order valence-electron chi connectivity index (χ3n) is 12.5. The average Bonchev–Trinajstić information content (AvgIpc) is 3.38. The zero-order chi connectivity index (χ0) is 52.2. The molecule has 0 fully saturated rings. The molecule has 1 unspecified atom stereocenters. The van der Waals surface area contributed by atoms with Crippen LogP contribution in [-0.2, 0) is 28.6 Å². The Kier molecular flexibility index (Phi) is 56.4. The van der Waals surface area contributed by atoms with Crippen LogP contribution in [0.15, 0.2) is 109 Å². The summed E-state index contributed by atoms with van der Waals surface area (Å²) in [4.78, 5) is 38.2. The van der Waals surface area contributed by atoms with Crippen molar-refractivity contribution in [2.75, 3.05) is 13.2 Å². The van der Waals surface area contributed by atoms with Crippen LogP contribution in [0, 0.1) is 0 Å². The van der Waals surface area contributed by atoms with Crippen LogP contribution in [0.4, 0.5) is 0 Å². The Morgan fingerprint density at radius 2 is 0.556 bits per heavy atom. The molecule has 6 heteroatoms. The van der Waals surface area contributed by atoms with Gasteiger partial charge in [-0.3, -0.25) is 14.4 Å². The van der Waals surface area contributed by atoms with E-state index in [0.29, 0.717) is 19.3 Å². The molecular weight excluding hydrogens is 889 g/mol. The summed E-state index contributed by atoms with van der Waals surface area (Å²) in [5.41, 5.74) is 0. The van der Waals surface area contributed by atoms with Gasteiger partial charge in [0.25, 0.3) is 0 Å². The van der Waals surface area contributed by atoms with Gasteiger partial charge in [-0.2, -0.15) is 0 Å². The molecule has 72 heavy (non-hydrogen) atoms. The summed E-state index contributed by atoms with van der Waals surface area (Å²) in [5.74, 6) is -0.920. The molecule has 1 atom stereocenters. The van der Waals surface area contributed by atoms with Crippen LogP contribution in [0.1, 0.15) is 271 Å². The smallest absolute Gasteiger partial charge is 0.306 e. The molecule has 410 valence electrons. The molecule has 0 aromatic heterocycles. The first-order valence-electron chi connectivity index (χ1n) is 29.9. The molecule has 0 aliphatic carbocycles. The molecule has 0 N–H and O–H groups in total. The Morgan fingerprint density at radius 1 is 0.292 bits per heavy atom. The summed E-state index contributed by atoms with van der Waals surface area (Å²) in [7, 11) is 0. The summed E-state index contributed by atoms with van der Waals surface area (Å²) in [6.07, 6.45) is 80.8. The quantitative estimate of drug-likeness (QED) is 0.0261. The van der Waals surface area contributed by atoms with Crippen molar-refractivity contribution < 1.29 is 28.6 Å². The minimum absolute atomic E-state index is 0.0912. The van der Waals surface area contributed by atoms with Crippen LogP contribution in [0.25, 0.3) is 0 Å². The van der Waals surface area contributed by atoms with Gasteiger partial charge < -0.3 is 14.2 Å². The highest BCUT2D eigenvalue weighted by atomic mass is 16.6. The van der Waals surface area contributed by atoms with Crippen LogP contribution in [0.5, 0.6) is 0 Å². The maximum absolute atomic E-state index is 12.8. The Hall–Kier alpha value is -3.93. The van der Waals surface area contributed by atoms with E-state index in [-0.39, 0.29) is 31.1 Å². The second-order valence-corrected chi connectivity index (χ2v) is 19.5. The lowest BCUT2D eigenvalue weighted by atomic mass is 10.1. The van der Waals surface area contributed by atoms with E-state index in [2.05, 4.69) is 130 Å². The third-order valence-corrected chi connectivity index (χ3v) is 12.5. The summed E-state index contributed by atoms with van der Waals surface area (Å²) in [5, 5.41) is 0. The second kappa shape index (κ2) is 59.6. The zero-order valence-corrected chi connectivity index (χ0v) is 46.9. The molecule has 0 aromatic carbocycles. The molecule has 0 saturated heterocycles. The van der Waals surface area contributed by atoms with E-state index in [1.54, 1.807) is 0 Å². The number of unbranched alkanes of at least 4 members (excludes halogenated alkanes) is 24. The molecule has 6 nitrogen and oxygen atoms in total. The largest absolute Gasteiger partial charge is 0.462 e. The van der Waals surface area contributed by atoms with E-state index in [1.807, 2.05) is 0 Å². The fraction of sp³-hybridized carbons (Fsp3) is 0.682. The van der Waals surface area contributed by atoms with Crippen molar-refractivity contribution in [1.29, 1.82) is 0 Å². The fourth-order valence-corrected chi connectivity index (χ4v) is 7.99. The van der Waals surface area contributed by atoms with E-state index < -0.39 is 6.10 Å². The van der Waals surface area contributed by atoms with E-state index in [1.165, 1.54) is 96.3 Å². The summed E-state index contributed by atoms with van der Waals surface area (Å²) in [6, 6.07) is 0. The lowest BCUT2D eigenvalue weighted by Crippen LogP contribution is -2.30. The topological polar surface area (TPSA) is 78.9 Å². The maximum atomic E-state index is 12.8. The SMILES string of the molecule is CC/C=C\C/C=C\C/C=C\C/C=C\C/C=C\C/C=C\CCCCCCCCCCC(=O)OCC(COC(=O)CCCCCCC/C=C\CCCCCC)OC(=O)CCCCCCC/C=C\C/C=C\CCCC. The van der Waals surface area contributed by atoms with Gasteiger partial charge in [-0.25, -0.2) is 0 Å². The molecule has 0 radical (unpaired) electrons. The number of hydrogen-bond donors (Lipinski definition) is 0. The first kappa shape index (κ1) is 68.1. The standard InChI is InChI=1S/C66H110O6/c1-4-7-10-13-16-19-22-25-27-28-29-30-31-32-33-34-35-36-37-38-39-42-44-47-50-53-56-59-65(68)71-62-63(61-70-64(67)58-55-52-49-46-43-40-24-21-18-15-12-9-6-3)72-66(69)60-57-54-51-48-45-41-26-23-20-17-14-11-8-5-2/h7,10,14,16-17,19,21,23-27,29-30,32-33,35-36,63H,4-6,8-9,11-13,15,18,20,22,28,31,34,37-62H2,1-3H3/b10-7-,17-14-,19-16-,24-21-,26-23-,27-25-,30-29-,33-32-,36-35-. The molecule has 0 bridgehead atoms. The highest BCUT2D eigenvalue weighted by molar-refractivity contribution is 5.71. The van der Waals surface area contributed by atoms with Gasteiger partial charge in [-0.05, 0) is 122 Å². The summed E-state index contributed by atoms with van der Waals surface area (Å²) >= 11 is 0. The number of carbonyl (C=O) groups is 3. The number of esters is 3. The molecule has 0 spiro atoms. The van der Waals surface area contributed by atoms with Crippen molar-refractivity contribution in [1.82, 2.24) is 0 Å². The van der Waals surface area contributed by atoms with E-state index in [9.17, 15) is 14.4 Å². The van der Waals surface area contributed by atoms with Gasteiger partial charge in [0.15, 0.2) is 6.10 Å². The van der Waals surface area contributed by atoms with Crippen molar-refractivity contribution >= 4 is 17.9 Å². The lowest BCUT2D eigenvalue weighted by Gasteiger charge is -2.18. The van der Waals surface area contributed by atoms with Crippen molar-refractivity contribution in [3.63, 3.8) is 0 Å². The van der Waals surface area contributed by atoms with Gasteiger partial charge >= 0.3 is 17.9 Å². The fourth-order valence-electron chi connectivity index (χ4n) is 7.99. The Bertz CT molecular complexity index is 1470. The second-order valence-electron chi connectivity index (χ2n) is 19.5. The van der Waals surface area contributed by atoms with Gasteiger partial charge in [0.1, 0.15) is 13.2 Å². The first-order valence-corrected chi connectivity index (χ1v) is 29.9. The van der Waals surface area contributed by atoms with Crippen LogP contribution in [0.2, 0.25) is 0 Å². The van der Waals surface area contributed by atoms with Gasteiger partial charge in [-0.15, -0.1) is 0 Å². The monoisotopic (exact) mass is 999 g/mol. The Morgan fingerprint density at radius 3 is 0.903 bits per heavy atom. The highest BCUT2D eigenvalue weighted by Crippen LogP contribution is 2.14. The summed E-state index contributed by atoms with van der Waals surface area (Å²) in [6.45, 7) is 6.45. The van der Waals surface area contributed by atoms with E-state index >= 15 is 0 Å². The van der Waals surface area contributed by atoms with E-state index in [4.69, 9.17) is 14.2 Å². The molecule has 0 rings (SSSR count). The Labute approximate surface area is 444 Å². The molecule has 0 saturated carbocycles. The van der Waals surface area contributed by atoms with Gasteiger partial charge in [0.05, 0.1) is 0 Å². The minimum Gasteiger partial charge on any atom is -0.462 e.